The summed E-state index contributed by atoms with van der Waals surface area (Å²) in [6.07, 6.45) is 1.37. The Kier molecular flexibility index (Phi) is 8.04. The zero-order chi connectivity index (χ0) is 16.4. The fourth-order valence-corrected chi connectivity index (χ4v) is 2.07. The van der Waals surface area contributed by atoms with Gasteiger partial charge in [0.05, 0.1) is 0 Å². The molecule has 22 heavy (non-hydrogen) atoms. The van der Waals surface area contributed by atoms with Crippen LogP contribution in [0.25, 0.3) is 0 Å². The molecule has 0 aliphatic rings. The minimum Gasteiger partial charge on any atom is -0.373 e. The third-order valence-electron chi connectivity index (χ3n) is 3.22. The lowest BCUT2D eigenvalue weighted by molar-refractivity contribution is -0.122. The van der Waals surface area contributed by atoms with E-state index in [4.69, 9.17) is 0 Å². The number of hydrogen-bond acceptors (Lipinski definition) is 3. The number of nitrogens with zero attached hydrogens (tertiary/aromatic N) is 1. The highest BCUT2D eigenvalue weighted by Crippen LogP contribution is 2.09. The second kappa shape index (κ2) is 9.82. The van der Waals surface area contributed by atoms with Gasteiger partial charge in [-0.05, 0) is 32.4 Å². The van der Waals surface area contributed by atoms with Crippen LogP contribution in [0.4, 0.5) is 5.69 Å². The number of carbonyl (C=O) groups excluding carboxylic acids is 2. The van der Waals surface area contributed by atoms with Crippen LogP contribution in [0.3, 0.4) is 0 Å². The SMILES string of the molecule is CC(C)NC(=O)CCCC(=O)NCCN(C)c1ccccc1. The molecule has 1 rings (SSSR count). The van der Waals surface area contributed by atoms with Gasteiger partial charge in [0.15, 0.2) is 0 Å². The lowest BCUT2D eigenvalue weighted by Crippen LogP contribution is -2.33. The van der Waals surface area contributed by atoms with Crippen molar-refractivity contribution >= 4 is 17.5 Å². The molecule has 0 heterocycles. The number of amides is 2. The van der Waals surface area contributed by atoms with Crippen LogP contribution in [0.1, 0.15) is 33.1 Å². The molecular weight excluding hydrogens is 278 g/mol. The molecule has 0 aliphatic heterocycles. The van der Waals surface area contributed by atoms with Crippen LogP contribution in [-0.2, 0) is 9.59 Å². The largest absolute Gasteiger partial charge is 0.373 e. The first-order valence-corrected chi connectivity index (χ1v) is 7.81. The van der Waals surface area contributed by atoms with Crippen molar-refractivity contribution in [3.63, 3.8) is 0 Å². The Morgan fingerprint density at radius 3 is 2.36 bits per heavy atom. The van der Waals surface area contributed by atoms with Crippen LogP contribution >= 0.6 is 0 Å². The monoisotopic (exact) mass is 305 g/mol. The molecule has 0 bridgehead atoms. The molecule has 1 aromatic carbocycles. The normalized spacial score (nSPS) is 10.4. The molecule has 0 saturated carbocycles. The van der Waals surface area contributed by atoms with Gasteiger partial charge in [-0.15, -0.1) is 0 Å². The van der Waals surface area contributed by atoms with Gasteiger partial charge in [-0.2, -0.15) is 0 Å². The lowest BCUT2D eigenvalue weighted by atomic mass is 10.2. The lowest BCUT2D eigenvalue weighted by Gasteiger charge is -2.19. The molecule has 0 saturated heterocycles. The fourth-order valence-electron chi connectivity index (χ4n) is 2.07. The summed E-state index contributed by atoms with van der Waals surface area (Å²) in [5, 5.41) is 5.70. The number of anilines is 1. The predicted octanol–water partition coefficient (Wildman–Crippen LogP) is 1.93. The summed E-state index contributed by atoms with van der Waals surface area (Å²) in [4.78, 5) is 25.2. The van der Waals surface area contributed by atoms with Crippen molar-refractivity contribution in [3.05, 3.63) is 30.3 Å². The van der Waals surface area contributed by atoms with E-state index in [1.807, 2.05) is 51.2 Å². The maximum Gasteiger partial charge on any atom is 0.220 e. The van der Waals surface area contributed by atoms with Gasteiger partial charge in [0.2, 0.25) is 11.8 Å². The minimum atomic E-state index is -0.00110. The van der Waals surface area contributed by atoms with Crippen LogP contribution in [0.5, 0.6) is 0 Å². The van der Waals surface area contributed by atoms with E-state index < -0.39 is 0 Å². The molecule has 2 N–H and O–H groups in total. The second-order valence-corrected chi connectivity index (χ2v) is 5.68. The Balaban J connectivity index is 2.12. The van der Waals surface area contributed by atoms with Crippen LogP contribution < -0.4 is 15.5 Å². The zero-order valence-corrected chi connectivity index (χ0v) is 13.8. The van der Waals surface area contributed by atoms with Gasteiger partial charge in [-0.25, -0.2) is 0 Å². The number of likely N-dealkylation sites (N-methyl/N-ethyl adjacent to an activating group) is 1. The second-order valence-electron chi connectivity index (χ2n) is 5.68. The molecule has 0 aliphatic carbocycles. The molecular formula is C17H27N3O2. The number of hydrogen-bond donors (Lipinski definition) is 2. The van der Waals surface area contributed by atoms with E-state index in [2.05, 4.69) is 15.5 Å². The fraction of sp³-hybridized carbons (Fsp3) is 0.529. The van der Waals surface area contributed by atoms with Crippen LogP contribution in [0.2, 0.25) is 0 Å². The Hall–Kier alpha value is -2.04. The van der Waals surface area contributed by atoms with Gasteiger partial charge in [-0.3, -0.25) is 9.59 Å². The van der Waals surface area contributed by atoms with Gasteiger partial charge < -0.3 is 15.5 Å². The van der Waals surface area contributed by atoms with E-state index >= 15 is 0 Å². The first-order valence-electron chi connectivity index (χ1n) is 7.81. The van der Waals surface area contributed by atoms with Crippen molar-refractivity contribution in [1.29, 1.82) is 0 Å². The Bertz CT molecular complexity index is 460. The summed E-state index contributed by atoms with van der Waals surface area (Å²) in [7, 11) is 2.00. The Morgan fingerprint density at radius 1 is 1.09 bits per heavy atom. The van der Waals surface area contributed by atoms with Crippen molar-refractivity contribution in [2.75, 3.05) is 25.0 Å². The van der Waals surface area contributed by atoms with Crippen molar-refractivity contribution in [3.8, 4) is 0 Å². The van der Waals surface area contributed by atoms with Crippen LogP contribution in [0.15, 0.2) is 30.3 Å². The van der Waals surface area contributed by atoms with E-state index in [-0.39, 0.29) is 17.9 Å². The van der Waals surface area contributed by atoms with E-state index in [9.17, 15) is 9.59 Å². The topological polar surface area (TPSA) is 61.4 Å². The first kappa shape index (κ1) is 18.0. The number of rotatable bonds is 9. The van der Waals surface area contributed by atoms with Crippen LogP contribution in [-0.4, -0.2) is 38.0 Å². The summed E-state index contributed by atoms with van der Waals surface area (Å²) in [5.41, 5.74) is 1.13. The smallest absolute Gasteiger partial charge is 0.220 e. The molecule has 5 nitrogen and oxygen atoms in total. The molecule has 0 unspecified atom stereocenters. The number of nitrogens with one attached hydrogen (secondary N) is 2. The highest BCUT2D eigenvalue weighted by Gasteiger charge is 2.06. The highest BCUT2D eigenvalue weighted by atomic mass is 16.2. The van der Waals surface area contributed by atoms with Gasteiger partial charge in [0.25, 0.3) is 0 Å². The van der Waals surface area contributed by atoms with Gasteiger partial charge in [-0.1, -0.05) is 18.2 Å². The third kappa shape index (κ3) is 7.67. The van der Waals surface area contributed by atoms with Crippen molar-refractivity contribution in [2.24, 2.45) is 0 Å². The molecule has 0 atom stereocenters. The summed E-state index contributed by atoms with van der Waals surface area (Å²) >= 11 is 0. The van der Waals surface area contributed by atoms with E-state index in [1.165, 1.54) is 0 Å². The van der Waals surface area contributed by atoms with E-state index in [1.54, 1.807) is 0 Å². The summed E-state index contributed by atoms with van der Waals surface area (Å²) in [6.45, 7) is 5.20. The maximum absolute atomic E-state index is 11.7. The number of para-hydroxylation sites is 1. The molecule has 0 fully saturated rings. The summed E-state index contributed by atoms with van der Waals surface area (Å²) in [5.74, 6) is 0.00502. The molecule has 2 amide bonds. The molecule has 122 valence electrons. The Labute approximate surface area is 133 Å². The summed E-state index contributed by atoms with van der Waals surface area (Å²) in [6, 6.07) is 10.2. The van der Waals surface area contributed by atoms with Crippen molar-refractivity contribution in [1.82, 2.24) is 10.6 Å². The highest BCUT2D eigenvalue weighted by molar-refractivity contribution is 5.78. The van der Waals surface area contributed by atoms with Gasteiger partial charge in [0, 0.05) is 44.7 Å². The number of benzene rings is 1. The van der Waals surface area contributed by atoms with E-state index in [0.717, 1.165) is 12.2 Å². The summed E-state index contributed by atoms with van der Waals surface area (Å²) < 4.78 is 0. The average Bonchev–Trinajstić information content (AvgIpc) is 2.47. The third-order valence-corrected chi connectivity index (χ3v) is 3.22. The van der Waals surface area contributed by atoms with Crippen LogP contribution in [0, 0.1) is 0 Å². The zero-order valence-electron chi connectivity index (χ0n) is 13.8. The Morgan fingerprint density at radius 2 is 1.73 bits per heavy atom. The molecule has 0 radical (unpaired) electrons. The standard InChI is InChI=1S/C17H27N3O2/c1-14(2)19-17(22)11-7-10-16(21)18-12-13-20(3)15-8-5-4-6-9-15/h4-6,8-9,14H,7,10-13H2,1-3H3,(H,18,21)(H,19,22). The van der Waals surface area contributed by atoms with E-state index in [0.29, 0.717) is 25.8 Å². The number of carbonyl (C=O) groups is 2. The van der Waals surface area contributed by atoms with Gasteiger partial charge in [0.1, 0.15) is 0 Å². The first-order chi connectivity index (χ1) is 10.5. The molecule has 5 heteroatoms. The van der Waals surface area contributed by atoms with Crippen molar-refractivity contribution in [2.45, 2.75) is 39.2 Å². The molecule has 0 aromatic heterocycles. The minimum absolute atomic E-state index is 0.00110. The molecule has 1 aromatic rings. The average molecular weight is 305 g/mol. The van der Waals surface area contributed by atoms with Gasteiger partial charge >= 0.3 is 0 Å². The maximum atomic E-state index is 11.7. The molecule has 0 spiro atoms. The van der Waals surface area contributed by atoms with Crippen molar-refractivity contribution < 1.29 is 9.59 Å². The predicted molar refractivity (Wildman–Crippen MR) is 89.9 cm³/mol. The quantitative estimate of drug-likeness (QED) is 0.733.